The first-order valence-corrected chi connectivity index (χ1v) is 6.46. The lowest BCUT2D eigenvalue weighted by atomic mass is 10.3. The lowest BCUT2D eigenvalue weighted by molar-refractivity contribution is 0.101. The molecule has 0 aromatic carbocycles. The van der Waals surface area contributed by atoms with Gasteiger partial charge in [0.15, 0.2) is 5.15 Å². The number of rotatable bonds is 2. The van der Waals surface area contributed by atoms with E-state index in [2.05, 4.69) is 26.2 Å². The Morgan fingerprint density at radius 2 is 2.17 bits per heavy atom. The minimum absolute atomic E-state index is 0.229. The van der Waals surface area contributed by atoms with Gasteiger partial charge in [0, 0.05) is 23.9 Å². The summed E-state index contributed by atoms with van der Waals surface area (Å²) in [6.07, 6.45) is 3.20. The zero-order valence-corrected chi connectivity index (χ0v) is 12.3. The van der Waals surface area contributed by atoms with Gasteiger partial charge in [-0.05, 0) is 28.1 Å². The second-order valence-corrected chi connectivity index (χ2v) is 5.31. The van der Waals surface area contributed by atoms with E-state index in [-0.39, 0.29) is 11.1 Å². The smallest absolute Gasteiger partial charge is 0.272 e. The standard InChI is InChI=1S/C11H8BrCl2N3O/c1-17-5-7(13)3-9(17)11(18)16-8-2-6(12)4-15-10(8)14/h2-5H,1H3,(H,16,18). The SMILES string of the molecule is Cn1cc(Cl)cc1C(=O)Nc1cc(Br)cnc1Cl. The van der Waals surface area contributed by atoms with Crippen molar-refractivity contribution in [2.24, 2.45) is 7.05 Å². The molecule has 7 heteroatoms. The first-order chi connectivity index (χ1) is 8.47. The average Bonchev–Trinajstić information content (AvgIpc) is 2.63. The number of aryl methyl sites for hydroxylation is 1. The summed E-state index contributed by atoms with van der Waals surface area (Å²) in [5.74, 6) is -0.300. The number of carbonyl (C=O) groups is 1. The van der Waals surface area contributed by atoms with Crippen molar-refractivity contribution < 1.29 is 4.79 Å². The minimum atomic E-state index is -0.300. The van der Waals surface area contributed by atoms with Crippen LogP contribution >= 0.6 is 39.1 Å². The van der Waals surface area contributed by atoms with Crippen molar-refractivity contribution >= 4 is 50.7 Å². The Morgan fingerprint density at radius 1 is 1.44 bits per heavy atom. The monoisotopic (exact) mass is 347 g/mol. The highest BCUT2D eigenvalue weighted by atomic mass is 79.9. The zero-order valence-electron chi connectivity index (χ0n) is 9.25. The minimum Gasteiger partial charge on any atom is -0.345 e. The number of aromatic nitrogens is 2. The predicted octanol–water partition coefficient (Wildman–Crippen LogP) is 3.74. The molecule has 1 N–H and O–H groups in total. The number of halogens is 3. The Balaban J connectivity index is 2.26. The van der Waals surface area contributed by atoms with Crippen molar-refractivity contribution in [3.63, 3.8) is 0 Å². The molecule has 0 fully saturated rings. The van der Waals surface area contributed by atoms with Gasteiger partial charge in [0.2, 0.25) is 0 Å². The van der Waals surface area contributed by atoms with Crippen LogP contribution in [-0.4, -0.2) is 15.5 Å². The Hall–Kier alpha value is -1.04. The van der Waals surface area contributed by atoms with Crippen LogP contribution in [0.1, 0.15) is 10.5 Å². The molecule has 0 radical (unpaired) electrons. The van der Waals surface area contributed by atoms with Gasteiger partial charge in [-0.1, -0.05) is 23.2 Å². The summed E-state index contributed by atoms with van der Waals surface area (Å²) in [7, 11) is 1.74. The number of pyridine rings is 1. The summed E-state index contributed by atoms with van der Waals surface area (Å²) in [4.78, 5) is 15.9. The number of nitrogens with zero attached hydrogens (tertiary/aromatic N) is 2. The topological polar surface area (TPSA) is 46.9 Å². The van der Waals surface area contributed by atoms with Gasteiger partial charge in [-0.3, -0.25) is 4.79 Å². The van der Waals surface area contributed by atoms with Crippen molar-refractivity contribution in [3.05, 3.63) is 44.9 Å². The molecule has 2 heterocycles. The van der Waals surface area contributed by atoms with Crippen LogP contribution in [0.2, 0.25) is 10.2 Å². The maximum atomic E-state index is 12.0. The van der Waals surface area contributed by atoms with Crippen molar-refractivity contribution in [2.45, 2.75) is 0 Å². The molecule has 2 aromatic heterocycles. The summed E-state index contributed by atoms with van der Waals surface area (Å²) in [6, 6.07) is 3.26. The molecule has 94 valence electrons. The van der Waals surface area contributed by atoms with Crippen LogP contribution in [0.5, 0.6) is 0 Å². The van der Waals surface area contributed by atoms with Gasteiger partial charge in [-0.2, -0.15) is 0 Å². The Labute approximate surface area is 122 Å². The molecule has 18 heavy (non-hydrogen) atoms. The number of carbonyl (C=O) groups excluding carboxylic acids is 1. The molecule has 2 rings (SSSR count). The van der Waals surface area contributed by atoms with E-state index in [1.807, 2.05) is 0 Å². The molecule has 4 nitrogen and oxygen atoms in total. The van der Waals surface area contributed by atoms with E-state index >= 15 is 0 Å². The van der Waals surface area contributed by atoms with Gasteiger partial charge < -0.3 is 9.88 Å². The molecule has 0 unspecified atom stereocenters. The van der Waals surface area contributed by atoms with Gasteiger partial charge in [0.1, 0.15) is 5.69 Å². The van der Waals surface area contributed by atoms with Gasteiger partial charge in [-0.15, -0.1) is 0 Å². The molecule has 0 atom stereocenters. The van der Waals surface area contributed by atoms with E-state index in [9.17, 15) is 4.79 Å². The molecule has 0 spiro atoms. The second-order valence-electron chi connectivity index (χ2n) is 3.60. The third kappa shape index (κ3) is 2.85. The van der Waals surface area contributed by atoms with Crippen LogP contribution < -0.4 is 5.32 Å². The molecule has 0 bridgehead atoms. The van der Waals surface area contributed by atoms with E-state index in [0.717, 1.165) is 4.47 Å². The third-order valence-electron chi connectivity index (χ3n) is 2.26. The van der Waals surface area contributed by atoms with Crippen molar-refractivity contribution in [1.82, 2.24) is 9.55 Å². The molecule has 0 aliphatic heterocycles. The van der Waals surface area contributed by atoms with Gasteiger partial charge >= 0.3 is 0 Å². The highest BCUT2D eigenvalue weighted by Crippen LogP contribution is 2.24. The van der Waals surface area contributed by atoms with Crippen LogP contribution in [0.4, 0.5) is 5.69 Å². The normalized spacial score (nSPS) is 10.4. The lowest BCUT2D eigenvalue weighted by Gasteiger charge is -2.07. The van der Waals surface area contributed by atoms with Crippen LogP contribution in [0.3, 0.4) is 0 Å². The largest absolute Gasteiger partial charge is 0.345 e. The Kier molecular flexibility index (Phi) is 3.94. The number of anilines is 1. The summed E-state index contributed by atoms with van der Waals surface area (Å²) in [5.41, 5.74) is 0.879. The second kappa shape index (κ2) is 5.30. The van der Waals surface area contributed by atoms with Gasteiger partial charge in [0.05, 0.1) is 10.7 Å². The molecule has 0 saturated carbocycles. The number of nitrogens with one attached hydrogen (secondary N) is 1. The molecule has 0 aliphatic carbocycles. The molecule has 0 saturated heterocycles. The van der Waals surface area contributed by atoms with Crippen LogP contribution in [0, 0.1) is 0 Å². The van der Waals surface area contributed by atoms with E-state index in [0.29, 0.717) is 16.4 Å². The van der Waals surface area contributed by atoms with Crippen LogP contribution in [0.25, 0.3) is 0 Å². The van der Waals surface area contributed by atoms with E-state index in [1.54, 1.807) is 36.1 Å². The third-order valence-corrected chi connectivity index (χ3v) is 3.20. The van der Waals surface area contributed by atoms with Crippen molar-refractivity contribution in [3.8, 4) is 0 Å². The summed E-state index contributed by atoms with van der Waals surface area (Å²) < 4.78 is 2.36. The Morgan fingerprint density at radius 3 is 2.78 bits per heavy atom. The number of hydrogen-bond donors (Lipinski definition) is 1. The average molecular weight is 349 g/mol. The molecular weight excluding hydrogens is 341 g/mol. The van der Waals surface area contributed by atoms with E-state index < -0.39 is 0 Å². The van der Waals surface area contributed by atoms with Gasteiger partial charge in [0.25, 0.3) is 5.91 Å². The van der Waals surface area contributed by atoms with E-state index in [1.165, 1.54) is 0 Å². The summed E-state index contributed by atoms with van der Waals surface area (Å²) >= 11 is 15.0. The maximum Gasteiger partial charge on any atom is 0.272 e. The molecule has 2 aromatic rings. The maximum absolute atomic E-state index is 12.0. The lowest BCUT2D eigenvalue weighted by Crippen LogP contribution is -2.15. The van der Waals surface area contributed by atoms with Crippen LogP contribution in [0.15, 0.2) is 29.0 Å². The quantitative estimate of drug-likeness (QED) is 0.840. The van der Waals surface area contributed by atoms with E-state index in [4.69, 9.17) is 23.2 Å². The van der Waals surface area contributed by atoms with Gasteiger partial charge in [-0.25, -0.2) is 4.98 Å². The van der Waals surface area contributed by atoms with Crippen LogP contribution in [-0.2, 0) is 7.05 Å². The zero-order chi connectivity index (χ0) is 13.3. The fourth-order valence-corrected chi connectivity index (χ4v) is 2.18. The first-order valence-electron chi connectivity index (χ1n) is 4.91. The summed E-state index contributed by atoms with van der Waals surface area (Å²) in [6.45, 7) is 0. The first kappa shape index (κ1) is 13.4. The van der Waals surface area contributed by atoms with Crippen molar-refractivity contribution in [2.75, 3.05) is 5.32 Å². The number of amides is 1. The predicted molar refractivity (Wildman–Crippen MR) is 75.3 cm³/mol. The molecule has 1 amide bonds. The highest BCUT2D eigenvalue weighted by molar-refractivity contribution is 9.10. The fraction of sp³-hybridized carbons (Fsp3) is 0.0909. The van der Waals surface area contributed by atoms with Crippen molar-refractivity contribution in [1.29, 1.82) is 0 Å². The Bertz CT molecular complexity index is 612. The molecule has 0 aliphatic rings. The summed E-state index contributed by atoms with van der Waals surface area (Å²) in [5, 5.41) is 3.41. The molecular formula is C11H8BrCl2N3O. The highest BCUT2D eigenvalue weighted by Gasteiger charge is 2.13. The fourth-order valence-electron chi connectivity index (χ4n) is 1.45. The number of hydrogen-bond acceptors (Lipinski definition) is 2.